The maximum Gasteiger partial charge on any atom is 0.128 e. The van der Waals surface area contributed by atoms with E-state index in [1.807, 2.05) is 0 Å². The highest BCUT2D eigenvalue weighted by Crippen LogP contribution is 2.29. The van der Waals surface area contributed by atoms with Crippen LogP contribution in [0.25, 0.3) is 0 Å². The van der Waals surface area contributed by atoms with Crippen LogP contribution in [0.1, 0.15) is 67.4 Å². The highest BCUT2D eigenvalue weighted by atomic mass is 16.5. The SMILES string of the molecule is C=C(/C=C\C(C)(C)CC)C(C)(C)Oc1ccc(C(C)(C)C)cc1. The fraction of sp³-hybridized carbons (Fsp3) is 0.545. The lowest BCUT2D eigenvalue weighted by atomic mass is 9.87. The first kappa shape index (κ1) is 19.5. The van der Waals surface area contributed by atoms with Crippen LogP contribution in [-0.2, 0) is 5.41 Å². The largest absolute Gasteiger partial charge is 0.483 e. The molecule has 0 amide bonds. The Morgan fingerprint density at radius 3 is 1.96 bits per heavy atom. The molecule has 0 bridgehead atoms. The van der Waals surface area contributed by atoms with E-state index >= 15 is 0 Å². The lowest BCUT2D eigenvalue weighted by molar-refractivity contribution is 0.153. The van der Waals surface area contributed by atoms with Crippen molar-refractivity contribution in [3.05, 3.63) is 54.1 Å². The normalized spacial score (nSPS) is 13.4. The van der Waals surface area contributed by atoms with E-state index in [9.17, 15) is 0 Å². The van der Waals surface area contributed by atoms with Gasteiger partial charge in [-0.15, -0.1) is 0 Å². The molecule has 0 aliphatic heterocycles. The summed E-state index contributed by atoms with van der Waals surface area (Å²) in [4.78, 5) is 0. The summed E-state index contributed by atoms with van der Waals surface area (Å²) in [7, 11) is 0. The van der Waals surface area contributed by atoms with Crippen molar-refractivity contribution < 1.29 is 4.74 Å². The van der Waals surface area contributed by atoms with Gasteiger partial charge in [0.25, 0.3) is 0 Å². The van der Waals surface area contributed by atoms with Gasteiger partial charge in [-0.3, -0.25) is 0 Å². The molecule has 0 atom stereocenters. The van der Waals surface area contributed by atoms with Gasteiger partial charge in [0.05, 0.1) is 0 Å². The molecule has 128 valence electrons. The molecule has 23 heavy (non-hydrogen) atoms. The van der Waals surface area contributed by atoms with Crippen LogP contribution in [0.4, 0.5) is 0 Å². The summed E-state index contributed by atoms with van der Waals surface area (Å²) in [5.74, 6) is 0.882. The molecule has 0 unspecified atom stereocenters. The molecule has 0 radical (unpaired) electrons. The van der Waals surface area contributed by atoms with E-state index < -0.39 is 5.60 Å². The highest BCUT2D eigenvalue weighted by molar-refractivity contribution is 5.34. The van der Waals surface area contributed by atoms with E-state index in [-0.39, 0.29) is 10.8 Å². The summed E-state index contributed by atoms with van der Waals surface area (Å²) in [5.41, 5.74) is 2.22. The Kier molecular flexibility index (Phi) is 5.90. The number of benzene rings is 1. The van der Waals surface area contributed by atoms with Gasteiger partial charge in [0, 0.05) is 0 Å². The first-order valence-corrected chi connectivity index (χ1v) is 8.55. The molecule has 0 aliphatic carbocycles. The van der Waals surface area contributed by atoms with Crippen molar-refractivity contribution in [2.24, 2.45) is 5.41 Å². The van der Waals surface area contributed by atoms with Crippen LogP contribution >= 0.6 is 0 Å². The van der Waals surface area contributed by atoms with E-state index in [0.717, 1.165) is 17.7 Å². The van der Waals surface area contributed by atoms with E-state index in [0.29, 0.717) is 0 Å². The molecular weight excluding hydrogens is 280 g/mol. The number of ether oxygens (including phenoxy) is 1. The fourth-order valence-electron chi connectivity index (χ4n) is 2.03. The van der Waals surface area contributed by atoms with Crippen molar-refractivity contribution >= 4 is 0 Å². The molecule has 0 saturated carbocycles. The van der Waals surface area contributed by atoms with Crippen LogP contribution in [0.15, 0.2) is 48.6 Å². The summed E-state index contributed by atoms with van der Waals surface area (Å²) < 4.78 is 6.18. The molecule has 0 aromatic heterocycles. The van der Waals surface area contributed by atoms with Gasteiger partial charge in [-0.25, -0.2) is 0 Å². The van der Waals surface area contributed by atoms with Crippen LogP contribution in [0.3, 0.4) is 0 Å². The van der Waals surface area contributed by atoms with Gasteiger partial charge in [0.2, 0.25) is 0 Å². The van der Waals surface area contributed by atoms with Gasteiger partial charge in [-0.2, -0.15) is 0 Å². The second kappa shape index (κ2) is 6.95. The van der Waals surface area contributed by atoms with Gasteiger partial charge in [-0.05, 0) is 54.4 Å². The zero-order valence-electron chi connectivity index (χ0n) is 16.3. The molecule has 1 heteroatoms. The predicted octanol–water partition coefficient (Wildman–Crippen LogP) is 6.69. The van der Waals surface area contributed by atoms with Gasteiger partial charge in [-0.1, -0.05) is 72.4 Å². The third-order valence-corrected chi connectivity index (χ3v) is 4.51. The van der Waals surface area contributed by atoms with Crippen LogP contribution < -0.4 is 4.74 Å². The Balaban J connectivity index is 2.84. The van der Waals surface area contributed by atoms with Crippen molar-refractivity contribution in [2.45, 2.75) is 72.8 Å². The molecule has 0 heterocycles. The summed E-state index contributed by atoms with van der Waals surface area (Å²) in [6.07, 6.45) is 5.43. The first-order chi connectivity index (χ1) is 10.4. The first-order valence-electron chi connectivity index (χ1n) is 8.55. The topological polar surface area (TPSA) is 9.23 Å². The van der Waals surface area contributed by atoms with Crippen molar-refractivity contribution in [3.63, 3.8) is 0 Å². The molecular formula is C22H34O. The van der Waals surface area contributed by atoms with E-state index in [2.05, 4.69) is 98.4 Å². The van der Waals surface area contributed by atoms with E-state index in [1.54, 1.807) is 0 Å². The van der Waals surface area contributed by atoms with Crippen molar-refractivity contribution in [3.8, 4) is 5.75 Å². The van der Waals surface area contributed by atoms with Gasteiger partial charge >= 0.3 is 0 Å². The second-order valence-electron chi connectivity index (χ2n) is 8.59. The van der Waals surface area contributed by atoms with Crippen molar-refractivity contribution in [1.82, 2.24) is 0 Å². The lowest BCUT2D eigenvalue weighted by Crippen LogP contribution is -2.29. The monoisotopic (exact) mass is 314 g/mol. The summed E-state index contributed by atoms with van der Waals surface area (Å²) in [6.45, 7) is 21.7. The van der Waals surface area contributed by atoms with Crippen molar-refractivity contribution in [2.75, 3.05) is 0 Å². The molecule has 0 spiro atoms. The Morgan fingerprint density at radius 2 is 1.52 bits per heavy atom. The molecule has 1 rings (SSSR count). The summed E-state index contributed by atoms with van der Waals surface area (Å²) in [6, 6.07) is 8.39. The zero-order valence-corrected chi connectivity index (χ0v) is 16.3. The van der Waals surface area contributed by atoms with Crippen LogP contribution in [0.5, 0.6) is 5.75 Å². The van der Waals surface area contributed by atoms with E-state index in [1.165, 1.54) is 5.56 Å². The van der Waals surface area contributed by atoms with Crippen LogP contribution in [0, 0.1) is 5.41 Å². The average Bonchev–Trinajstić information content (AvgIpc) is 2.44. The zero-order chi connectivity index (χ0) is 17.9. The van der Waals surface area contributed by atoms with Gasteiger partial charge in [0.15, 0.2) is 0 Å². The smallest absolute Gasteiger partial charge is 0.128 e. The van der Waals surface area contributed by atoms with Crippen LogP contribution in [-0.4, -0.2) is 5.60 Å². The molecule has 0 fully saturated rings. The number of hydrogen-bond donors (Lipinski definition) is 0. The second-order valence-corrected chi connectivity index (χ2v) is 8.59. The minimum Gasteiger partial charge on any atom is -0.483 e. The Bertz CT molecular complexity index is 551. The third-order valence-electron chi connectivity index (χ3n) is 4.51. The quantitative estimate of drug-likeness (QED) is 0.531. The summed E-state index contributed by atoms with van der Waals surface area (Å²) in [5, 5.41) is 0. The molecule has 1 nitrogen and oxygen atoms in total. The number of hydrogen-bond acceptors (Lipinski definition) is 1. The minimum atomic E-state index is -0.427. The van der Waals surface area contributed by atoms with E-state index in [4.69, 9.17) is 4.74 Å². The number of rotatable bonds is 6. The lowest BCUT2D eigenvalue weighted by Gasteiger charge is -2.28. The third kappa shape index (κ3) is 5.89. The Labute approximate surface area is 143 Å². The standard InChI is InChI=1S/C22H34O/c1-10-21(6,7)16-15-17(2)22(8,9)23-19-13-11-18(12-14-19)20(3,4)5/h11-16H,2,10H2,1,3-9H3/b16-15-. The van der Waals surface area contributed by atoms with Crippen molar-refractivity contribution in [1.29, 1.82) is 0 Å². The predicted molar refractivity (Wildman–Crippen MR) is 102 cm³/mol. The molecule has 1 aromatic carbocycles. The Morgan fingerprint density at radius 1 is 1.00 bits per heavy atom. The molecule has 0 saturated heterocycles. The molecule has 0 aliphatic rings. The molecule has 0 N–H and O–H groups in total. The van der Waals surface area contributed by atoms with Gasteiger partial charge < -0.3 is 4.74 Å². The van der Waals surface area contributed by atoms with Crippen LogP contribution in [0.2, 0.25) is 0 Å². The number of allylic oxidation sites excluding steroid dienone is 1. The molecule has 1 aromatic rings. The minimum absolute atomic E-state index is 0.159. The fourth-order valence-corrected chi connectivity index (χ4v) is 2.03. The Hall–Kier alpha value is -1.50. The average molecular weight is 315 g/mol. The summed E-state index contributed by atoms with van der Waals surface area (Å²) >= 11 is 0. The van der Waals surface area contributed by atoms with Gasteiger partial charge in [0.1, 0.15) is 11.4 Å². The maximum absolute atomic E-state index is 6.18. The maximum atomic E-state index is 6.18. The highest BCUT2D eigenvalue weighted by Gasteiger charge is 2.23.